The summed E-state index contributed by atoms with van der Waals surface area (Å²) in [4.78, 5) is 38.4. The zero-order valence-electron chi connectivity index (χ0n) is 51.8. The van der Waals surface area contributed by atoms with E-state index in [0.29, 0.717) is 19.3 Å². The lowest BCUT2D eigenvalue weighted by Crippen LogP contribution is -2.30. The maximum atomic E-state index is 12.9. The van der Waals surface area contributed by atoms with Crippen molar-refractivity contribution in [2.75, 3.05) is 13.2 Å². The van der Waals surface area contributed by atoms with E-state index in [1.807, 2.05) is 0 Å². The summed E-state index contributed by atoms with van der Waals surface area (Å²) in [6.45, 7) is 6.72. The molecule has 0 N–H and O–H groups in total. The highest BCUT2D eigenvalue weighted by molar-refractivity contribution is 5.71. The molecule has 0 spiro atoms. The molecule has 6 heteroatoms. The normalized spacial score (nSPS) is 12.0. The van der Waals surface area contributed by atoms with Gasteiger partial charge in [0.2, 0.25) is 0 Å². The molecule has 1 unspecified atom stereocenters. The average molecular weight is 1070 g/mol. The zero-order valence-corrected chi connectivity index (χ0v) is 51.8. The van der Waals surface area contributed by atoms with Gasteiger partial charge in [0, 0.05) is 19.3 Å². The fourth-order valence-corrected chi connectivity index (χ4v) is 10.8. The summed E-state index contributed by atoms with van der Waals surface area (Å²) >= 11 is 0. The fourth-order valence-electron chi connectivity index (χ4n) is 10.8. The highest BCUT2D eigenvalue weighted by atomic mass is 16.6. The Kier molecular flexibility index (Phi) is 64.1. The van der Waals surface area contributed by atoms with Gasteiger partial charge >= 0.3 is 17.9 Å². The van der Waals surface area contributed by atoms with Crippen molar-refractivity contribution in [2.45, 2.75) is 406 Å². The molecule has 0 aromatic rings. The molecule has 1 atom stereocenters. The van der Waals surface area contributed by atoms with Gasteiger partial charge in [-0.1, -0.05) is 348 Å². The number of ether oxygens (including phenoxy) is 3. The van der Waals surface area contributed by atoms with E-state index in [9.17, 15) is 14.4 Å². The predicted octanol–water partition coefficient (Wildman–Crippen LogP) is 23.6. The van der Waals surface area contributed by atoms with Crippen LogP contribution in [0.1, 0.15) is 400 Å². The lowest BCUT2D eigenvalue weighted by atomic mass is 10.0. The number of rotatable bonds is 65. The second kappa shape index (κ2) is 65.7. The van der Waals surface area contributed by atoms with Gasteiger partial charge in [0.15, 0.2) is 6.10 Å². The third kappa shape index (κ3) is 63.0. The van der Waals surface area contributed by atoms with E-state index in [-0.39, 0.29) is 31.1 Å². The summed E-state index contributed by atoms with van der Waals surface area (Å²) < 4.78 is 17.0. The highest BCUT2D eigenvalue weighted by Crippen LogP contribution is 2.19. The summed E-state index contributed by atoms with van der Waals surface area (Å²) in [5, 5.41) is 0. The number of hydrogen-bond acceptors (Lipinski definition) is 6. The van der Waals surface area contributed by atoms with E-state index in [2.05, 4.69) is 32.9 Å². The Morgan fingerprint density at radius 2 is 0.434 bits per heavy atom. The smallest absolute Gasteiger partial charge is 0.306 e. The number of carbonyl (C=O) groups excluding carboxylic acids is 3. The first-order valence-electron chi connectivity index (χ1n) is 34.7. The van der Waals surface area contributed by atoms with Crippen molar-refractivity contribution in [3.63, 3.8) is 0 Å². The SMILES string of the molecule is CCCCCCCCCC/C=C\CCCCCCCCCCCCCCCCCC(=O)OCC(COC(=O)CCCCCCCCCCCCCCC)OC(=O)CCCCCCCCCCCCCCCCCCCC. The van der Waals surface area contributed by atoms with Crippen molar-refractivity contribution in [3.05, 3.63) is 12.2 Å². The Bertz CT molecular complexity index is 1180. The quantitative estimate of drug-likeness (QED) is 0.0261. The third-order valence-corrected chi connectivity index (χ3v) is 16.0. The van der Waals surface area contributed by atoms with Crippen molar-refractivity contribution in [3.8, 4) is 0 Å². The molecular weight excluding hydrogens is 937 g/mol. The van der Waals surface area contributed by atoms with Crippen molar-refractivity contribution in [2.24, 2.45) is 0 Å². The van der Waals surface area contributed by atoms with Crippen LogP contribution in [-0.2, 0) is 28.6 Å². The number of esters is 3. The van der Waals surface area contributed by atoms with E-state index >= 15 is 0 Å². The molecule has 0 aliphatic rings. The second-order valence-corrected chi connectivity index (χ2v) is 23.8. The third-order valence-electron chi connectivity index (χ3n) is 16.0. The summed E-state index contributed by atoms with van der Waals surface area (Å²) in [5.41, 5.74) is 0. The molecule has 0 heterocycles. The van der Waals surface area contributed by atoms with E-state index in [0.717, 1.165) is 57.8 Å². The van der Waals surface area contributed by atoms with Gasteiger partial charge in [-0.25, -0.2) is 0 Å². The summed E-state index contributed by atoms with van der Waals surface area (Å²) in [7, 11) is 0. The van der Waals surface area contributed by atoms with Crippen LogP contribution < -0.4 is 0 Å². The highest BCUT2D eigenvalue weighted by Gasteiger charge is 2.19. The largest absolute Gasteiger partial charge is 0.462 e. The predicted molar refractivity (Wildman–Crippen MR) is 330 cm³/mol. The number of carbonyl (C=O) groups is 3. The molecule has 450 valence electrons. The van der Waals surface area contributed by atoms with Crippen LogP contribution in [0.3, 0.4) is 0 Å². The minimum atomic E-state index is -0.765. The van der Waals surface area contributed by atoms with Gasteiger partial charge in [-0.15, -0.1) is 0 Å². The van der Waals surface area contributed by atoms with Crippen LogP contribution in [0.4, 0.5) is 0 Å². The Labute approximate surface area is 475 Å². The molecule has 6 nitrogen and oxygen atoms in total. The van der Waals surface area contributed by atoms with E-state index < -0.39 is 6.10 Å². The van der Waals surface area contributed by atoms with Crippen LogP contribution in [0.25, 0.3) is 0 Å². The van der Waals surface area contributed by atoms with Crippen molar-refractivity contribution in [1.82, 2.24) is 0 Å². The Hall–Kier alpha value is -1.85. The standard InChI is InChI=1S/C70H134O6/c1-4-7-10-13-16-19-22-25-27-29-31-32-33-34-35-36-37-38-39-41-42-45-48-51-54-57-60-63-69(72)75-66-67(65-74-68(71)62-59-56-53-50-47-44-24-21-18-15-12-9-6-3)76-70(73)64-61-58-55-52-49-46-43-40-30-28-26-23-20-17-14-11-8-5-2/h29,31,67H,4-28,30,32-66H2,1-3H3/b31-29-. The molecule has 76 heavy (non-hydrogen) atoms. The summed E-state index contributed by atoms with van der Waals surface area (Å²) in [5.74, 6) is -0.827. The number of allylic oxidation sites excluding steroid dienone is 2. The molecule has 0 bridgehead atoms. The summed E-state index contributed by atoms with van der Waals surface area (Å²) in [6.07, 6.45) is 78.1. The lowest BCUT2D eigenvalue weighted by molar-refractivity contribution is -0.167. The van der Waals surface area contributed by atoms with E-state index in [4.69, 9.17) is 14.2 Å². The molecule has 0 fully saturated rings. The van der Waals surface area contributed by atoms with Crippen molar-refractivity contribution in [1.29, 1.82) is 0 Å². The molecule has 0 aliphatic heterocycles. The van der Waals surface area contributed by atoms with E-state index in [1.165, 1.54) is 302 Å². The monoisotopic (exact) mass is 1070 g/mol. The molecule has 0 radical (unpaired) electrons. The van der Waals surface area contributed by atoms with Gasteiger partial charge < -0.3 is 14.2 Å². The molecule has 0 aromatic carbocycles. The van der Waals surface area contributed by atoms with Crippen LogP contribution in [0.2, 0.25) is 0 Å². The molecule has 0 rings (SSSR count). The van der Waals surface area contributed by atoms with Gasteiger partial charge in [0.25, 0.3) is 0 Å². The van der Waals surface area contributed by atoms with E-state index in [1.54, 1.807) is 0 Å². The Morgan fingerprint density at radius 1 is 0.250 bits per heavy atom. The molecule has 0 saturated heterocycles. The first-order valence-corrected chi connectivity index (χ1v) is 34.7. The molecule has 0 amide bonds. The average Bonchev–Trinajstić information content (AvgIpc) is 3.42. The molecule has 0 aliphatic carbocycles. The Balaban J connectivity index is 4.18. The zero-order chi connectivity index (χ0) is 55.0. The van der Waals surface area contributed by atoms with Crippen molar-refractivity contribution < 1.29 is 28.6 Å². The van der Waals surface area contributed by atoms with Crippen LogP contribution in [0.15, 0.2) is 12.2 Å². The van der Waals surface area contributed by atoms with Gasteiger partial charge in [-0.3, -0.25) is 14.4 Å². The molecule has 0 aromatic heterocycles. The van der Waals surface area contributed by atoms with Gasteiger partial charge in [-0.05, 0) is 44.9 Å². The minimum Gasteiger partial charge on any atom is -0.462 e. The van der Waals surface area contributed by atoms with Gasteiger partial charge in [0.1, 0.15) is 13.2 Å². The minimum absolute atomic E-state index is 0.0623. The first-order chi connectivity index (χ1) is 37.5. The van der Waals surface area contributed by atoms with Crippen LogP contribution in [0.5, 0.6) is 0 Å². The Morgan fingerprint density at radius 3 is 0.658 bits per heavy atom. The second-order valence-electron chi connectivity index (χ2n) is 23.8. The molecular formula is C70H134O6. The maximum Gasteiger partial charge on any atom is 0.306 e. The van der Waals surface area contributed by atoms with Gasteiger partial charge in [-0.2, -0.15) is 0 Å². The number of hydrogen-bond donors (Lipinski definition) is 0. The van der Waals surface area contributed by atoms with Crippen LogP contribution >= 0.6 is 0 Å². The molecule has 0 saturated carbocycles. The summed E-state index contributed by atoms with van der Waals surface area (Å²) in [6, 6.07) is 0. The van der Waals surface area contributed by atoms with Crippen LogP contribution in [0, 0.1) is 0 Å². The van der Waals surface area contributed by atoms with Crippen LogP contribution in [-0.4, -0.2) is 37.2 Å². The topological polar surface area (TPSA) is 78.9 Å². The van der Waals surface area contributed by atoms with Gasteiger partial charge in [0.05, 0.1) is 0 Å². The van der Waals surface area contributed by atoms with Crippen molar-refractivity contribution >= 4 is 17.9 Å². The number of unbranched alkanes of at least 4 members (excludes halogenated alkanes) is 52. The maximum absolute atomic E-state index is 12.9. The lowest BCUT2D eigenvalue weighted by Gasteiger charge is -2.18. The fraction of sp³-hybridized carbons (Fsp3) is 0.929. The first kappa shape index (κ1) is 74.2.